The summed E-state index contributed by atoms with van der Waals surface area (Å²) in [4.78, 5) is 18.5. The third-order valence-corrected chi connectivity index (χ3v) is 6.46. The number of hydrogen-bond donors (Lipinski definition) is 1. The summed E-state index contributed by atoms with van der Waals surface area (Å²) in [7, 11) is 0. The Hall–Kier alpha value is -3.71. The van der Waals surface area contributed by atoms with Gasteiger partial charge in [0.05, 0.1) is 17.1 Å². The zero-order valence-corrected chi connectivity index (χ0v) is 18.7. The molecule has 4 heterocycles. The van der Waals surface area contributed by atoms with Crippen molar-refractivity contribution in [2.45, 2.75) is 26.4 Å². The maximum atomic E-state index is 12.8. The molecule has 4 aromatic heterocycles. The molecular formula is C25H23N5OS. The number of amides is 1. The van der Waals surface area contributed by atoms with Crippen LogP contribution >= 0.6 is 11.3 Å². The van der Waals surface area contributed by atoms with Crippen molar-refractivity contribution < 1.29 is 4.79 Å². The largest absolute Gasteiger partial charge is 0.348 e. The van der Waals surface area contributed by atoms with Crippen LogP contribution in [0.1, 0.15) is 24.2 Å². The molecule has 5 rings (SSSR count). The molecule has 0 bridgehead atoms. The maximum Gasteiger partial charge on any atom is 0.242 e. The van der Waals surface area contributed by atoms with E-state index in [1.807, 2.05) is 62.6 Å². The molecule has 0 spiro atoms. The predicted molar refractivity (Wildman–Crippen MR) is 128 cm³/mol. The molecule has 5 aromatic rings. The number of rotatable bonds is 6. The van der Waals surface area contributed by atoms with Gasteiger partial charge in [-0.25, -0.2) is 9.67 Å². The fourth-order valence-electron chi connectivity index (χ4n) is 3.98. The molecule has 6 nitrogen and oxygen atoms in total. The van der Waals surface area contributed by atoms with Gasteiger partial charge < -0.3 is 9.88 Å². The van der Waals surface area contributed by atoms with Gasteiger partial charge in [-0.1, -0.05) is 18.2 Å². The number of carbonyl (C=O) groups excluding carboxylic acids is 1. The summed E-state index contributed by atoms with van der Waals surface area (Å²) in [6.07, 6.45) is 5.80. The quantitative estimate of drug-likeness (QED) is 0.397. The highest BCUT2D eigenvalue weighted by Crippen LogP contribution is 2.32. The van der Waals surface area contributed by atoms with Gasteiger partial charge >= 0.3 is 0 Å². The second kappa shape index (κ2) is 8.43. The van der Waals surface area contributed by atoms with Gasteiger partial charge in [0, 0.05) is 34.7 Å². The average molecular weight is 442 g/mol. The molecule has 1 amide bonds. The summed E-state index contributed by atoms with van der Waals surface area (Å²) in [5, 5.41) is 10.8. The topological polar surface area (TPSA) is 64.7 Å². The van der Waals surface area contributed by atoms with E-state index in [9.17, 15) is 4.79 Å². The molecule has 0 aliphatic carbocycles. The van der Waals surface area contributed by atoms with E-state index in [0.29, 0.717) is 0 Å². The highest BCUT2D eigenvalue weighted by atomic mass is 32.1. The SMILES string of the molecule is Cc1nn(CC(=O)NC(C)c2ccc(-n3cccc3)cc2)c2nccc(-c3cccs3)c12. The minimum absolute atomic E-state index is 0.0975. The van der Waals surface area contributed by atoms with Crippen LogP contribution in [0.2, 0.25) is 0 Å². The first-order chi connectivity index (χ1) is 15.6. The van der Waals surface area contributed by atoms with Crippen LogP contribution in [-0.4, -0.2) is 25.2 Å². The molecule has 0 aliphatic rings. The number of nitrogens with one attached hydrogen (secondary N) is 1. The summed E-state index contributed by atoms with van der Waals surface area (Å²) in [5.74, 6) is -0.0975. The van der Waals surface area contributed by atoms with Crippen molar-refractivity contribution in [3.63, 3.8) is 0 Å². The predicted octanol–water partition coefficient (Wildman–Crippen LogP) is 5.14. The highest BCUT2D eigenvalue weighted by molar-refractivity contribution is 7.13. The van der Waals surface area contributed by atoms with Gasteiger partial charge in [-0.2, -0.15) is 5.10 Å². The number of carbonyl (C=O) groups is 1. The smallest absolute Gasteiger partial charge is 0.242 e. The number of thiophene rings is 1. The van der Waals surface area contributed by atoms with Crippen molar-refractivity contribution >= 4 is 28.3 Å². The maximum absolute atomic E-state index is 12.8. The summed E-state index contributed by atoms with van der Waals surface area (Å²) in [6.45, 7) is 4.07. The number of hydrogen-bond acceptors (Lipinski definition) is 4. The minimum Gasteiger partial charge on any atom is -0.348 e. The third-order valence-electron chi connectivity index (χ3n) is 5.56. The molecule has 1 N–H and O–H groups in total. The van der Waals surface area contributed by atoms with Crippen LogP contribution in [0.15, 0.2) is 78.6 Å². The second-order valence-electron chi connectivity index (χ2n) is 7.75. The molecule has 0 radical (unpaired) electrons. The van der Waals surface area contributed by atoms with E-state index in [2.05, 4.69) is 43.5 Å². The summed E-state index contributed by atoms with van der Waals surface area (Å²) in [5.41, 5.74) is 4.84. The van der Waals surface area contributed by atoms with Crippen LogP contribution in [0.25, 0.3) is 27.2 Å². The molecule has 1 unspecified atom stereocenters. The molecule has 0 saturated heterocycles. The van der Waals surface area contributed by atoms with Gasteiger partial charge in [-0.3, -0.25) is 4.79 Å². The van der Waals surface area contributed by atoms with Crippen LogP contribution in [0.4, 0.5) is 0 Å². The molecule has 0 saturated carbocycles. The Kier molecular flexibility index (Phi) is 5.33. The molecule has 160 valence electrons. The Balaban J connectivity index is 1.32. The lowest BCUT2D eigenvalue weighted by Gasteiger charge is -2.15. The zero-order chi connectivity index (χ0) is 22.1. The van der Waals surface area contributed by atoms with E-state index in [1.165, 1.54) is 4.88 Å². The highest BCUT2D eigenvalue weighted by Gasteiger charge is 2.17. The van der Waals surface area contributed by atoms with Gasteiger partial charge in [-0.05, 0) is 61.2 Å². The van der Waals surface area contributed by atoms with Gasteiger partial charge in [0.25, 0.3) is 0 Å². The Labute approximate surface area is 190 Å². The monoisotopic (exact) mass is 441 g/mol. The number of fused-ring (bicyclic) bond motifs is 1. The van der Waals surface area contributed by atoms with Crippen molar-refractivity contribution in [1.82, 2.24) is 24.6 Å². The van der Waals surface area contributed by atoms with Crippen LogP contribution in [0.5, 0.6) is 0 Å². The average Bonchev–Trinajstić information content (AvgIpc) is 3.56. The van der Waals surface area contributed by atoms with Crippen molar-refractivity contribution in [2.75, 3.05) is 0 Å². The van der Waals surface area contributed by atoms with Gasteiger partial charge in [0.1, 0.15) is 6.54 Å². The molecule has 1 aromatic carbocycles. The van der Waals surface area contributed by atoms with Gasteiger partial charge in [0.15, 0.2) is 5.65 Å². The summed E-state index contributed by atoms with van der Waals surface area (Å²) >= 11 is 1.68. The Morgan fingerprint density at radius 1 is 1.09 bits per heavy atom. The van der Waals surface area contributed by atoms with E-state index >= 15 is 0 Å². The van der Waals surface area contributed by atoms with Crippen LogP contribution < -0.4 is 5.32 Å². The zero-order valence-electron chi connectivity index (χ0n) is 17.9. The number of aryl methyl sites for hydroxylation is 1. The normalized spacial score (nSPS) is 12.2. The molecule has 0 fully saturated rings. The van der Waals surface area contributed by atoms with Crippen LogP contribution in [0.3, 0.4) is 0 Å². The number of pyridine rings is 1. The lowest BCUT2D eigenvalue weighted by molar-refractivity contribution is -0.122. The van der Waals surface area contributed by atoms with Crippen molar-refractivity contribution in [3.8, 4) is 16.1 Å². The van der Waals surface area contributed by atoms with Gasteiger partial charge in [-0.15, -0.1) is 11.3 Å². The first kappa shape index (κ1) is 20.2. The number of benzene rings is 1. The van der Waals surface area contributed by atoms with Crippen molar-refractivity contribution in [1.29, 1.82) is 0 Å². The number of nitrogens with zero attached hydrogens (tertiary/aromatic N) is 4. The Bertz CT molecular complexity index is 1350. The first-order valence-corrected chi connectivity index (χ1v) is 11.4. The summed E-state index contributed by atoms with van der Waals surface area (Å²) < 4.78 is 3.74. The molecule has 1 atom stereocenters. The van der Waals surface area contributed by atoms with E-state index in [-0.39, 0.29) is 18.5 Å². The van der Waals surface area contributed by atoms with Crippen LogP contribution in [0, 0.1) is 6.92 Å². The van der Waals surface area contributed by atoms with Crippen molar-refractivity contribution in [3.05, 3.63) is 89.8 Å². The van der Waals surface area contributed by atoms with E-state index < -0.39 is 0 Å². The molecular weight excluding hydrogens is 418 g/mol. The summed E-state index contributed by atoms with van der Waals surface area (Å²) in [6, 6.07) is 18.2. The van der Waals surface area contributed by atoms with E-state index in [4.69, 9.17) is 0 Å². The molecule has 32 heavy (non-hydrogen) atoms. The molecule has 0 aliphatic heterocycles. The Morgan fingerprint density at radius 2 is 1.88 bits per heavy atom. The van der Waals surface area contributed by atoms with E-state index in [1.54, 1.807) is 22.2 Å². The van der Waals surface area contributed by atoms with Crippen molar-refractivity contribution in [2.24, 2.45) is 0 Å². The minimum atomic E-state index is -0.112. The standard InChI is InChI=1S/C25H23N5OS/c1-17(19-7-9-20(10-8-19)29-13-3-4-14-29)27-23(31)16-30-25-24(18(2)28-30)21(11-12-26-25)22-6-5-15-32-22/h3-15,17H,16H2,1-2H3,(H,27,31). The first-order valence-electron chi connectivity index (χ1n) is 10.5. The fraction of sp³-hybridized carbons (Fsp3) is 0.160. The van der Waals surface area contributed by atoms with E-state index in [0.717, 1.165) is 33.5 Å². The second-order valence-corrected chi connectivity index (χ2v) is 8.70. The lowest BCUT2D eigenvalue weighted by atomic mass is 10.1. The number of aromatic nitrogens is 4. The van der Waals surface area contributed by atoms with Gasteiger partial charge in [0.2, 0.25) is 5.91 Å². The van der Waals surface area contributed by atoms with Crippen LogP contribution in [-0.2, 0) is 11.3 Å². The lowest BCUT2D eigenvalue weighted by Crippen LogP contribution is -2.30. The molecule has 7 heteroatoms. The Morgan fingerprint density at radius 3 is 2.59 bits per heavy atom. The fourth-order valence-corrected chi connectivity index (χ4v) is 4.74. The third kappa shape index (κ3) is 3.83.